The molecule has 1 aromatic carbocycles. The highest BCUT2D eigenvalue weighted by atomic mass is 32.1. The monoisotopic (exact) mass is 298 g/mol. The maximum atomic E-state index is 12.7. The summed E-state index contributed by atoms with van der Waals surface area (Å²) in [5, 5.41) is 2.78. The van der Waals surface area contributed by atoms with Gasteiger partial charge in [-0.15, -0.1) is 11.3 Å². The molecule has 2 aromatic heterocycles. The van der Waals surface area contributed by atoms with E-state index in [1.54, 1.807) is 10.9 Å². The van der Waals surface area contributed by atoms with Crippen molar-refractivity contribution in [2.75, 3.05) is 0 Å². The molecule has 4 heteroatoms. The van der Waals surface area contributed by atoms with Crippen LogP contribution in [0.25, 0.3) is 21.3 Å². The summed E-state index contributed by atoms with van der Waals surface area (Å²) in [4.78, 5) is 18.0. The minimum Gasteiger partial charge on any atom is -0.299 e. The van der Waals surface area contributed by atoms with E-state index >= 15 is 0 Å². The molecule has 0 radical (unpaired) electrons. The SMILES string of the molecule is CC(C)CCn1cnc2scc(-c3ccccc3)c2c1=O. The van der Waals surface area contributed by atoms with Crippen molar-refractivity contribution in [1.82, 2.24) is 9.55 Å². The number of thiophene rings is 1. The topological polar surface area (TPSA) is 34.9 Å². The Balaban J connectivity index is 2.12. The Labute approximate surface area is 127 Å². The Morgan fingerprint density at radius 1 is 1.24 bits per heavy atom. The molecular formula is C17H18N2OS. The molecule has 0 fully saturated rings. The number of aryl methyl sites for hydroxylation is 1. The molecule has 3 aromatic rings. The molecule has 0 aliphatic rings. The second-order valence-electron chi connectivity index (χ2n) is 5.62. The molecule has 0 unspecified atom stereocenters. The van der Waals surface area contributed by atoms with Crippen molar-refractivity contribution in [2.24, 2.45) is 5.92 Å². The van der Waals surface area contributed by atoms with Gasteiger partial charge < -0.3 is 0 Å². The fraction of sp³-hybridized carbons (Fsp3) is 0.294. The fourth-order valence-corrected chi connectivity index (χ4v) is 3.26. The summed E-state index contributed by atoms with van der Waals surface area (Å²) in [7, 11) is 0. The number of rotatable bonds is 4. The minimum absolute atomic E-state index is 0.0701. The van der Waals surface area contributed by atoms with Crippen molar-refractivity contribution in [3.63, 3.8) is 0 Å². The van der Waals surface area contributed by atoms with Crippen LogP contribution in [0.3, 0.4) is 0 Å². The third-order valence-corrected chi connectivity index (χ3v) is 4.48. The summed E-state index contributed by atoms with van der Waals surface area (Å²) in [6.07, 6.45) is 2.66. The minimum atomic E-state index is 0.0701. The Morgan fingerprint density at radius 2 is 2.00 bits per heavy atom. The molecule has 0 bridgehead atoms. The summed E-state index contributed by atoms with van der Waals surface area (Å²) in [5.41, 5.74) is 2.14. The van der Waals surface area contributed by atoms with Crippen LogP contribution in [0.4, 0.5) is 0 Å². The molecule has 0 aliphatic heterocycles. The normalized spacial score (nSPS) is 11.4. The number of hydrogen-bond donors (Lipinski definition) is 0. The standard InChI is InChI=1S/C17H18N2OS/c1-12(2)8-9-19-11-18-16-15(17(19)20)14(10-21-16)13-6-4-3-5-7-13/h3-7,10-12H,8-9H2,1-2H3. The highest BCUT2D eigenvalue weighted by molar-refractivity contribution is 7.17. The van der Waals surface area contributed by atoms with Crippen molar-refractivity contribution >= 4 is 21.6 Å². The Hall–Kier alpha value is -1.94. The van der Waals surface area contributed by atoms with Crippen molar-refractivity contribution in [3.05, 3.63) is 52.4 Å². The second-order valence-corrected chi connectivity index (χ2v) is 6.48. The maximum absolute atomic E-state index is 12.7. The molecule has 0 N–H and O–H groups in total. The van der Waals surface area contributed by atoms with E-state index in [0.29, 0.717) is 5.92 Å². The van der Waals surface area contributed by atoms with Gasteiger partial charge in [0.05, 0.1) is 11.7 Å². The van der Waals surface area contributed by atoms with Gasteiger partial charge in [-0.3, -0.25) is 9.36 Å². The van der Waals surface area contributed by atoms with Gasteiger partial charge in [0, 0.05) is 17.5 Å². The number of hydrogen-bond acceptors (Lipinski definition) is 3. The molecule has 0 amide bonds. The second kappa shape index (κ2) is 5.82. The molecule has 0 saturated carbocycles. The van der Waals surface area contributed by atoms with E-state index < -0.39 is 0 Å². The van der Waals surface area contributed by atoms with Gasteiger partial charge in [0.25, 0.3) is 5.56 Å². The first-order valence-corrected chi connectivity index (χ1v) is 8.07. The van der Waals surface area contributed by atoms with Gasteiger partial charge in [0.15, 0.2) is 0 Å². The van der Waals surface area contributed by atoms with Crippen LogP contribution in [-0.2, 0) is 6.54 Å². The van der Waals surface area contributed by atoms with E-state index in [-0.39, 0.29) is 5.56 Å². The van der Waals surface area contributed by atoms with Crippen LogP contribution in [0.5, 0.6) is 0 Å². The number of fused-ring (bicyclic) bond motifs is 1. The predicted octanol–water partition coefficient (Wildman–Crippen LogP) is 4.17. The zero-order valence-corrected chi connectivity index (χ0v) is 13.1. The van der Waals surface area contributed by atoms with Crippen LogP contribution in [0, 0.1) is 5.92 Å². The summed E-state index contributed by atoms with van der Waals surface area (Å²) in [6, 6.07) is 10.0. The van der Waals surface area contributed by atoms with Crippen LogP contribution < -0.4 is 5.56 Å². The summed E-state index contributed by atoms with van der Waals surface area (Å²) < 4.78 is 1.74. The van der Waals surface area contributed by atoms with Gasteiger partial charge in [-0.05, 0) is 17.9 Å². The molecule has 3 nitrogen and oxygen atoms in total. The van der Waals surface area contributed by atoms with Crippen LogP contribution >= 0.6 is 11.3 Å². The lowest BCUT2D eigenvalue weighted by atomic mass is 10.1. The zero-order chi connectivity index (χ0) is 14.8. The summed E-state index contributed by atoms with van der Waals surface area (Å²) >= 11 is 1.53. The van der Waals surface area contributed by atoms with Crippen molar-refractivity contribution in [3.8, 4) is 11.1 Å². The molecule has 0 saturated heterocycles. The molecule has 3 rings (SSSR count). The van der Waals surface area contributed by atoms with E-state index in [0.717, 1.165) is 34.3 Å². The van der Waals surface area contributed by atoms with Crippen LogP contribution in [0.15, 0.2) is 46.8 Å². The van der Waals surface area contributed by atoms with Crippen LogP contribution in [-0.4, -0.2) is 9.55 Å². The maximum Gasteiger partial charge on any atom is 0.262 e. The molecule has 0 aliphatic carbocycles. The predicted molar refractivity (Wildman–Crippen MR) is 88.8 cm³/mol. The lowest BCUT2D eigenvalue weighted by molar-refractivity contribution is 0.506. The van der Waals surface area contributed by atoms with Gasteiger partial charge in [0.1, 0.15) is 4.83 Å². The first-order chi connectivity index (χ1) is 10.2. The van der Waals surface area contributed by atoms with Gasteiger partial charge in [-0.2, -0.15) is 0 Å². The molecule has 2 heterocycles. The molecular weight excluding hydrogens is 280 g/mol. The lowest BCUT2D eigenvalue weighted by Crippen LogP contribution is -2.21. The van der Waals surface area contributed by atoms with E-state index in [9.17, 15) is 4.79 Å². The van der Waals surface area contributed by atoms with E-state index in [2.05, 4.69) is 18.8 Å². The molecule has 108 valence electrons. The molecule has 0 spiro atoms. The average Bonchev–Trinajstić information content (AvgIpc) is 2.92. The third-order valence-electron chi connectivity index (χ3n) is 3.59. The van der Waals surface area contributed by atoms with Gasteiger partial charge in [0.2, 0.25) is 0 Å². The largest absolute Gasteiger partial charge is 0.299 e. The highest BCUT2D eigenvalue weighted by Gasteiger charge is 2.13. The van der Waals surface area contributed by atoms with Crippen molar-refractivity contribution in [2.45, 2.75) is 26.8 Å². The fourth-order valence-electron chi connectivity index (χ4n) is 2.35. The summed E-state index contributed by atoms with van der Waals surface area (Å²) in [6.45, 7) is 5.05. The van der Waals surface area contributed by atoms with Gasteiger partial charge in [-0.25, -0.2) is 4.98 Å². The first kappa shape index (κ1) is 14.0. The van der Waals surface area contributed by atoms with E-state index in [1.807, 2.05) is 35.7 Å². The van der Waals surface area contributed by atoms with Crippen molar-refractivity contribution in [1.29, 1.82) is 0 Å². The Morgan fingerprint density at radius 3 is 2.71 bits per heavy atom. The highest BCUT2D eigenvalue weighted by Crippen LogP contribution is 2.30. The molecule has 21 heavy (non-hydrogen) atoms. The van der Waals surface area contributed by atoms with Gasteiger partial charge in [-0.1, -0.05) is 44.2 Å². The Bertz CT molecular complexity index is 803. The third kappa shape index (κ3) is 2.76. The summed E-state index contributed by atoms with van der Waals surface area (Å²) in [5.74, 6) is 0.573. The molecule has 0 atom stereocenters. The van der Waals surface area contributed by atoms with Crippen LogP contribution in [0.2, 0.25) is 0 Å². The van der Waals surface area contributed by atoms with Gasteiger partial charge >= 0.3 is 0 Å². The smallest absolute Gasteiger partial charge is 0.262 e. The number of nitrogens with zero attached hydrogens (tertiary/aromatic N) is 2. The van der Waals surface area contributed by atoms with E-state index in [1.165, 1.54) is 11.3 Å². The first-order valence-electron chi connectivity index (χ1n) is 7.19. The Kier molecular flexibility index (Phi) is 3.88. The van der Waals surface area contributed by atoms with Crippen molar-refractivity contribution < 1.29 is 0 Å². The lowest BCUT2D eigenvalue weighted by Gasteiger charge is -2.08. The number of benzene rings is 1. The number of aromatic nitrogens is 2. The zero-order valence-electron chi connectivity index (χ0n) is 12.2. The average molecular weight is 298 g/mol. The van der Waals surface area contributed by atoms with Crippen LogP contribution in [0.1, 0.15) is 20.3 Å². The van der Waals surface area contributed by atoms with E-state index in [4.69, 9.17) is 0 Å². The quantitative estimate of drug-likeness (QED) is 0.724.